The van der Waals surface area contributed by atoms with Crippen molar-refractivity contribution in [3.8, 4) is 0 Å². The monoisotopic (exact) mass is 233 g/mol. The fraction of sp³-hybridized carbons (Fsp3) is 1.00. The minimum absolute atomic E-state index is 0.236. The molecule has 0 radical (unpaired) electrons. The number of alkyl halides is 1. The Morgan fingerprint density at radius 1 is 1.47 bits per heavy atom. The first-order valence-corrected chi connectivity index (χ1v) is 6.33. The maximum atomic E-state index is 6.15. The molecule has 1 aliphatic carbocycles. The van der Waals surface area contributed by atoms with Gasteiger partial charge in [-0.25, -0.2) is 0 Å². The van der Waals surface area contributed by atoms with Crippen molar-refractivity contribution in [2.45, 2.75) is 45.5 Å². The molecule has 0 spiro atoms. The molecule has 0 aromatic carbocycles. The summed E-state index contributed by atoms with van der Waals surface area (Å²) in [6.45, 7) is 11.4. The Labute approximate surface area is 98.7 Å². The lowest BCUT2D eigenvalue weighted by atomic mass is 9.67. The number of hydrogen-bond acceptors (Lipinski definition) is 2. The van der Waals surface area contributed by atoms with Crippen molar-refractivity contribution < 1.29 is 4.74 Å². The molecule has 0 aromatic heterocycles. The lowest BCUT2D eigenvalue weighted by Gasteiger charge is -2.49. The molecule has 0 amide bonds. The van der Waals surface area contributed by atoms with Crippen LogP contribution in [0.3, 0.4) is 0 Å². The lowest BCUT2D eigenvalue weighted by Crippen LogP contribution is -2.58. The van der Waals surface area contributed by atoms with Crippen LogP contribution in [0.5, 0.6) is 0 Å². The van der Waals surface area contributed by atoms with E-state index in [1.807, 2.05) is 0 Å². The van der Waals surface area contributed by atoms with Crippen LogP contribution in [0.25, 0.3) is 0 Å². The summed E-state index contributed by atoms with van der Waals surface area (Å²) in [6, 6.07) is 0.558. The third kappa shape index (κ3) is 3.61. The lowest BCUT2D eigenvalue weighted by molar-refractivity contribution is 0.0820. The molecule has 0 bridgehead atoms. The molecular weight excluding hydrogens is 210 g/mol. The summed E-state index contributed by atoms with van der Waals surface area (Å²) in [4.78, 5) is 0. The smallest absolute Gasteiger partial charge is 0.0591 e. The molecule has 1 rings (SSSR count). The van der Waals surface area contributed by atoms with Crippen LogP contribution < -0.4 is 5.32 Å². The van der Waals surface area contributed by atoms with Crippen molar-refractivity contribution >= 4 is 11.6 Å². The van der Waals surface area contributed by atoms with Gasteiger partial charge in [0.1, 0.15) is 0 Å². The minimum atomic E-state index is 0.236. The Bertz CT molecular complexity index is 194. The number of ether oxygens (including phenoxy) is 1. The Kier molecular flexibility index (Phi) is 4.88. The molecule has 2 nitrogen and oxygen atoms in total. The van der Waals surface area contributed by atoms with E-state index in [2.05, 4.69) is 33.0 Å². The quantitative estimate of drug-likeness (QED) is 0.563. The van der Waals surface area contributed by atoms with Gasteiger partial charge in [0, 0.05) is 24.6 Å². The summed E-state index contributed by atoms with van der Waals surface area (Å²) in [6.07, 6.45) is 1.08. The minimum Gasteiger partial charge on any atom is -0.380 e. The van der Waals surface area contributed by atoms with Crippen LogP contribution in [0.4, 0.5) is 0 Å². The van der Waals surface area contributed by atoms with Crippen LogP contribution >= 0.6 is 11.6 Å². The fourth-order valence-corrected chi connectivity index (χ4v) is 2.17. The molecule has 1 saturated carbocycles. The number of nitrogens with one attached hydrogen (secondary N) is 1. The third-order valence-corrected chi connectivity index (χ3v) is 3.98. The summed E-state index contributed by atoms with van der Waals surface area (Å²) >= 11 is 6.15. The highest BCUT2D eigenvalue weighted by Gasteiger charge is 2.46. The van der Waals surface area contributed by atoms with Crippen LogP contribution in [-0.4, -0.2) is 31.2 Å². The topological polar surface area (TPSA) is 21.3 Å². The molecule has 1 fully saturated rings. The Balaban J connectivity index is 2.02. The van der Waals surface area contributed by atoms with Crippen molar-refractivity contribution in [1.29, 1.82) is 0 Å². The maximum absolute atomic E-state index is 6.15. The molecule has 1 N–H and O–H groups in total. The molecule has 2 atom stereocenters. The average molecular weight is 234 g/mol. The van der Waals surface area contributed by atoms with Crippen molar-refractivity contribution in [2.24, 2.45) is 11.3 Å². The van der Waals surface area contributed by atoms with Gasteiger partial charge in [0.2, 0.25) is 0 Å². The fourth-order valence-electron chi connectivity index (χ4n) is 1.84. The molecule has 0 aromatic rings. The van der Waals surface area contributed by atoms with E-state index in [0.717, 1.165) is 26.2 Å². The van der Waals surface area contributed by atoms with Gasteiger partial charge in [-0.1, -0.05) is 27.7 Å². The van der Waals surface area contributed by atoms with E-state index in [-0.39, 0.29) is 5.41 Å². The first-order valence-electron chi connectivity index (χ1n) is 5.89. The van der Waals surface area contributed by atoms with E-state index in [9.17, 15) is 0 Å². The first-order chi connectivity index (χ1) is 6.94. The largest absolute Gasteiger partial charge is 0.380 e. The zero-order valence-corrected chi connectivity index (χ0v) is 11.1. The molecule has 3 heteroatoms. The van der Waals surface area contributed by atoms with Crippen LogP contribution in [-0.2, 0) is 4.74 Å². The van der Waals surface area contributed by atoms with E-state index >= 15 is 0 Å². The van der Waals surface area contributed by atoms with E-state index in [1.165, 1.54) is 0 Å². The van der Waals surface area contributed by atoms with Gasteiger partial charge < -0.3 is 10.1 Å². The van der Waals surface area contributed by atoms with Crippen LogP contribution in [0.1, 0.15) is 34.1 Å². The van der Waals surface area contributed by atoms with E-state index in [1.54, 1.807) is 0 Å². The Hall–Kier alpha value is 0.210. The van der Waals surface area contributed by atoms with E-state index in [4.69, 9.17) is 16.3 Å². The normalized spacial score (nSPS) is 29.2. The number of rotatable bonds is 6. The first kappa shape index (κ1) is 13.3. The molecule has 0 aliphatic heterocycles. The summed E-state index contributed by atoms with van der Waals surface area (Å²) < 4.78 is 5.51. The summed E-state index contributed by atoms with van der Waals surface area (Å²) in [5.74, 6) is 0.623. The van der Waals surface area contributed by atoms with Gasteiger partial charge in [-0.2, -0.15) is 0 Å². The summed E-state index contributed by atoms with van der Waals surface area (Å²) in [7, 11) is 0. The standard InChI is InChI=1S/C12H24ClNO/c1-9(2)8-15-6-5-14-11-7-10(13)12(11,3)4/h9-11,14H,5-8H2,1-4H3. The van der Waals surface area contributed by atoms with E-state index in [0.29, 0.717) is 17.3 Å². The molecular formula is C12H24ClNO. The SMILES string of the molecule is CC(C)COCCNC1CC(Cl)C1(C)C. The second-order valence-electron chi connectivity index (χ2n) is 5.50. The molecule has 15 heavy (non-hydrogen) atoms. The predicted octanol–water partition coefficient (Wildman–Crippen LogP) is 2.65. The zero-order chi connectivity index (χ0) is 11.5. The van der Waals surface area contributed by atoms with Crippen molar-refractivity contribution in [1.82, 2.24) is 5.32 Å². The number of halogens is 1. The van der Waals surface area contributed by atoms with Gasteiger partial charge in [-0.05, 0) is 17.8 Å². The molecule has 0 saturated heterocycles. The summed E-state index contributed by atoms with van der Waals surface area (Å²) in [5, 5.41) is 3.83. The van der Waals surface area contributed by atoms with Crippen LogP contribution in [0.2, 0.25) is 0 Å². The van der Waals surface area contributed by atoms with Crippen molar-refractivity contribution in [3.05, 3.63) is 0 Å². The predicted molar refractivity (Wildman–Crippen MR) is 65.5 cm³/mol. The Morgan fingerprint density at radius 3 is 2.60 bits per heavy atom. The molecule has 2 unspecified atom stereocenters. The highest BCUT2D eigenvalue weighted by molar-refractivity contribution is 6.21. The van der Waals surface area contributed by atoms with Crippen LogP contribution in [0, 0.1) is 11.3 Å². The second kappa shape index (κ2) is 5.51. The Morgan fingerprint density at radius 2 is 2.13 bits per heavy atom. The summed E-state index contributed by atoms with van der Waals surface area (Å²) in [5.41, 5.74) is 0.236. The van der Waals surface area contributed by atoms with Gasteiger partial charge in [-0.15, -0.1) is 11.6 Å². The van der Waals surface area contributed by atoms with Gasteiger partial charge in [-0.3, -0.25) is 0 Å². The highest BCUT2D eigenvalue weighted by Crippen LogP contribution is 2.44. The van der Waals surface area contributed by atoms with Gasteiger partial charge in [0.25, 0.3) is 0 Å². The second-order valence-corrected chi connectivity index (χ2v) is 6.03. The van der Waals surface area contributed by atoms with Crippen molar-refractivity contribution in [3.63, 3.8) is 0 Å². The average Bonchev–Trinajstić information content (AvgIpc) is 2.15. The van der Waals surface area contributed by atoms with E-state index < -0.39 is 0 Å². The van der Waals surface area contributed by atoms with Crippen LogP contribution in [0.15, 0.2) is 0 Å². The molecule has 1 aliphatic rings. The van der Waals surface area contributed by atoms with Crippen molar-refractivity contribution in [2.75, 3.05) is 19.8 Å². The third-order valence-electron chi connectivity index (χ3n) is 3.24. The van der Waals surface area contributed by atoms with Gasteiger partial charge in [0.05, 0.1) is 6.61 Å². The molecule has 90 valence electrons. The highest BCUT2D eigenvalue weighted by atomic mass is 35.5. The zero-order valence-electron chi connectivity index (χ0n) is 10.3. The maximum Gasteiger partial charge on any atom is 0.0591 e. The number of hydrogen-bond donors (Lipinski definition) is 1. The van der Waals surface area contributed by atoms with Gasteiger partial charge in [0.15, 0.2) is 0 Å². The molecule has 0 heterocycles. The van der Waals surface area contributed by atoms with Gasteiger partial charge >= 0.3 is 0 Å².